The van der Waals surface area contributed by atoms with Gasteiger partial charge >= 0.3 is 0 Å². The Bertz CT molecular complexity index is 724. The number of rotatable bonds is 6. The third-order valence-corrected chi connectivity index (χ3v) is 4.37. The second-order valence-corrected chi connectivity index (χ2v) is 7.74. The Morgan fingerprint density at radius 3 is 2.52 bits per heavy atom. The van der Waals surface area contributed by atoms with Crippen LogP contribution in [0.15, 0.2) is 18.5 Å². The van der Waals surface area contributed by atoms with Crippen molar-refractivity contribution in [1.29, 1.82) is 0 Å². The van der Waals surface area contributed by atoms with Crippen LogP contribution in [-0.4, -0.2) is 38.1 Å². The fraction of sp³-hybridized carbons (Fsp3) is 0.611. The quantitative estimate of drug-likeness (QED) is 0.842. The van der Waals surface area contributed by atoms with Crippen molar-refractivity contribution < 1.29 is 4.79 Å². The number of aromatic nitrogens is 4. The van der Waals surface area contributed by atoms with Crippen LogP contribution in [0.25, 0.3) is 0 Å². The normalized spacial score (nSPS) is 14.4. The molecule has 7 heteroatoms. The van der Waals surface area contributed by atoms with E-state index >= 15 is 0 Å². The van der Waals surface area contributed by atoms with Gasteiger partial charge in [-0.05, 0) is 26.3 Å². The molecule has 2 heterocycles. The van der Waals surface area contributed by atoms with E-state index in [-0.39, 0.29) is 30.0 Å². The van der Waals surface area contributed by atoms with Gasteiger partial charge in [-0.15, -0.1) is 0 Å². The van der Waals surface area contributed by atoms with Crippen LogP contribution < -0.4 is 10.6 Å². The summed E-state index contributed by atoms with van der Waals surface area (Å²) in [5.74, 6) is 0.624. The van der Waals surface area contributed by atoms with Crippen molar-refractivity contribution >= 4 is 11.7 Å². The fourth-order valence-electron chi connectivity index (χ4n) is 2.45. The van der Waals surface area contributed by atoms with Crippen LogP contribution in [0.5, 0.6) is 0 Å². The van der Waals surface area contributed by atoms with Crippen molar-refractivity contribution in [3.63, 3.8) is 0 Å². The number of nitrogens with one attached hydrogen (secondary N) is 2. The molecule has 0 fully saturated rings. The number of amides is 1. The molecule has 0 bridgehead atoms. The van der Waals surface area contributed by atoms with Gasteiger partial charge in [0, 0.05) is 30.8 Å². The predicted molar refractivity (Wildman–Crippen MR) is 99.7 cm³/mol. The third kappa shape index (κ3) is 4.92. The Morgan fingerprint density at radius 2 is 2.00 bits per heavy atom. The number of anilines is 1. The minimum Gasteiger partial charge on any atom is -0.310 e. The molecular weight excluding hydrogens is 316 g/mol. The summed E-state index contributed by atoms with van der Waals surface area (Å²) in [5, 5.41) is 15.0. The molecule has 25 heavy (non-hydrogen) atoms. The van der Waals surface area contributed by atoms with E-state index in [1.807, 2.05) is 37.1 Å². The van der Waals surface area contributed by atoms with Crippen LogP contribution in [0.2, 0.25) is 0 Å². The summed E-state index contributed by atoms with van der Waals surface area (Å²) in [7, 11) is 1.84. The fourth-order valence-corrected chi connectivity index (χ4v) is 2.45. The van der Waals surface area contributed by atoms with Gasteiger partial charge in [0.1, 0.15) is 5.82 Å². The minimum absolute atomic E-state index is 0.0508. The SMILES string of the molecule is Cc1cnn([C@H](C)[C@H](C)NCC(=O)Nc2cc(C(C)(C)C)nn2C)c1. The highest BCUT2D eigenvalue weighted by Gasteiger charge is 2.20. The van der Waals surface area contributed by atoms with Crippen LogP contribution in [0.4, 0.5) is 5.82 Å². The molecule has 0 aliphatic rings. The molecule has 0 aliphatic carbocycles. The van der Waals surface area contributed by atoms with Gasteiger partial charge in [-0.2, -0.15) is 10.2 Å². The second kappa shape index (κ2) is 7.39. The maximum Gasteiger partial charge on any atom is 0.239 e. The zero-order chi connectivity index (χ0) is 18.8. The number of hydrogen-bond donors (Lipinski definition) is 2. The predicted octanol–water partition coefficient (Wildman–Crippen LogP) is 2.40. The van der Waals surface area contributed by atoms with Gasteiger partial charge in [0.2, 0.25) is 5.91 Å². The molecule has 0 spiro atoms. The van der Waals surface area contributed by atoms with Gasteiger partial charge in [-0.1, -0.05) is 20.8 Å². The van der Waals surface area contributed by atoms with Crippen LogP contribution in [0.3, 0.4) is 0 Å². The average molecular weight is 346 g/mol. The first kappa shape index (κ1) is 19.2. The van der Waals surface area contributed by atoms with Crippen molar-refractivity contribution in [2.45, 2.75) is 59.0 Å². The maximum atomic E-state index is 12.3. The molecule has 0 aromatic carbocycles. The lowest BCUT2D eigenvalue weighted by Crippen LogP contribution is -2.39. The minimum atomic E-state index is -0.0841. The molecule has 0 saturated heterocycles. The highest BCUT2D eigenvalue weighted by molar-refractivity contribution is 5.91. The Hall–Kier alpha value is -2.15. The van der Waals surface area contributed by atoms with E-state index < -0.39 is 0 Å². The molecule has 2 aromatic rings. The molecule has 2 aromatic heterocycles. The van der Waals surface area contributed by atoms with Crippen molar-refractivity contribution in [2.24, 2.45) is 7.05 Å². The smallest absolute Gasteiger partial charge is 0.239 e. The molecule has 138 valence electrons. The number of nitrogens with zero attached hydrogens (tertiary/aromatic N) is 4. The summed E-state index contributed by atoms with van der Waals surface area (Å²) in [5.41, 5.74) is 2.03. The zero-order valence-corrected chi connectivity index (χ0v) is 16.3. The lowest BCUT2D eigenvalue weighted by atomic mass is 9.92. The topological polar surface area (TPSA) is 76.8 Å². The molecule has 7 nitrogen and oxygen atoms in total. The first-order chi connectivity index (χ1) is 11.6. The van der Waals surface area contributed by atoms with E-state index in [0.717, 1.165) is 11.3 Å². The standard InChI is InChI=1S/C18H30N6O/c1-12-9-20-24(11-12)14(3)13(2)19-10-17(25)21-16-8-15(18(4,5)6)22-23(16)7/h8-9,11,13-14,19H,10H2,1-7H3,(H,21,25)/t13-,14+/m0/s1. The van der Waals surface area contributed by atoms with E-state index in [0.29, 0.717) is 5.82 Å². The molecule has 2 rings (SSSR count). The lowest BCUT2D eigenvalue weighted by Gasteiger charge is -2.21. The third-order valence-electron chi connectivity index (χ3n) is 4.37. The van der Waals surface area contributed by atoms with Crippen LogP contribution in [0, 0.1) is 6.92 Å². The Morgan fingerprint density at radius 1 is 1.32 bits per heavy atom. The number of carbonyl (C=O) groups is 1. The zero-order valence-electron chi connectivity index (χ0n) is 16.3. The number of aryl methyl sites for hydroxylation is 2. The van der Waals surface area contributed by atoms with E-state index in [1.54, 1.807) is 4.68 Å². The summed E-state index contributed by atoms with van der Waals surface area (Å²) < 4.78 is 3.62. The van der Waals surface area contributed by atoms with Gasteiger partial charge in [0.05, 0.1) is 24.5 Å². The second-order valence-electron chi connectivity index (χ2n) is 7.74. The Labute approximate surface area is 149 Å². The molecular formula is C18H30N6O. The van der Waals surface area contributed by atoms with Crippen molar-refractivity contribution in [1.82, 2.24) is 24.9 Å². The largest absolute Gasteiger partial charge is 0.310 e. The average Bonchev–Trinajstić information content (AvgIpc) is 3.10. The summed E-state index contributed by atoms with van der Waals surface area (Å²) in [6, 6.07) is 2.20. The Balaban J connectivity index is 1.89. The van der Waals surface area contributed by atoms with Gasteiger partial charge in [0.15, 0.2) is 0 Å². The maximum absolute atomic E-state index is 12.3. The number of hydrogen-bond acceptors (Lipinski definition) is 4. The van der Waals surface area contributed by atoms with E-state index in [2.05, 4.69) is 55.4 Å². The highest BCUT2D eigenvalue weighted by Crippen LogP contribution is 2.23. The van der Waals surface area contributed by atoms with Gasteiger partial charge in [-0.3, -0.25) is 14.2 Å². The molecule has 1 amide bonds. The molecule has 0 unspecified atom stereocenters. The van der Waals surface area contributed by atoms with Crippen molar-refractivity contribution in [3.8, 4) is 0 Å². The lowest BCUT2D eigenvalue weighted by molar-refractivity contribution is -0.115. The first-order valence-corrected chi connectivity index (χ1v) is 8.66. The van der Waals surface area contributed by atoms with Gasteiger partial charge in [0.25, 0.3) is 0 Å². The van der Waals surface area contributed by atoms with E-state index in [9.17, 15) is 4.79 Å². The molecule has 0 aliphatic heterocycles. The van der Waals surface area contributed by atoms with Gasteiger partial charge in [-0.25, -0.2) is 0 Å². The number of carbonyl (C=O) groups excluding carboxylic acids is 1. The van der Waals surface area contributed by atoms with Crippen molar-refractivity contribution in [2.75, 3.05) is 11.9 Å². The summed E-state index contributed by atoms with van der Waals surface area (Å²) in [6.07, 6.45) is 3.84. The monoisotopic (exact) mass is 346 g/mol. The summed E-state index contributed by atoms with van der Waals surface area (Å²) >= 11 is 0. The molecule has 2 atom stereocenters. The van der Waals surface area contributed by atoms with Gasteiger partial charge < -0.3 is 10.6 Å². The first-order valence-electron chi connectivity index (χ1n) is 8.66. The molecule has 2 N–H and O–H groups in total. The molecule has 0 saturated carbocycles. The summed E-state index contributed by atoms with van der Waals surface area (Å²) in [6.45, 7) is 12.7. The highest BCUT2D eigenvalue weighted by atomic mass is 16.2. The Kier molecular flexibility index (Phi) is 5.67. The van der Waals surface area contributed by atoms with E-state index in [4.69, 9.17) is 0 Å². The van der Waals surface area contributed by atoms with Crippen LogP contribution >= 0.6 is 0 Å². The van der Waals surface area contributed by atoms with Crippen LogP contribution in [0.1, 0.15) is 51.9 Å². The molecule has 0 radical (unpaired) electrons. The van der Waals surface area contributed by atoms with Crippen molar-refractivity contribution in [3.05, 3.63) is 29.7 Å². The van der Waals surface area contributed by atoms with E-state index in [1.165, 1.54) is 0 Å². The van der Waals surface area contributed by atoms with Crippen LogP contribution in [-0.2, 0) is 17.3 Å². The summed E-state index contributed by atoms with van der Waals surface area (Å²) in [4.78, 5) is 12.3.